The average Bonchev–Trinajstić information content (AvgIpc) is 2.72. The van der Waals surface area contributed by atoms with Gasteiger partial charge in [0.1, 0.15) is 12.4 Å². The molecule has 3 nitrogen and oxygen atoms in total. The minimum atomic E-state index is -4.42. The van der Waals surface area contributed by atoms with Gasteiger partial charge in [-0.2, -0.15) is 13.2 Å². The monoisotopic (exact) mass is 397 g/mol. The summed E-state index contributed by atoms with van der Waals surface area (Å²) in [4.78, 5) is 12.0. The molecule has 1 amide bonds. The summed E-state index contributed by atoms with van der Waals surface area (Å²) in [5.41, 5.74) is 1.13. The summed E-state index contributed by atoms with van der Waals surface area (Å²) < 4.78 is 43.9. The largest absolute Gasteiger partial charge is 0.489 e. The molecule has 0 fully saturated rings. The fourth-order valence-corrected chi connectivity index (χ4v) is 2.55. The molecule has 0 aromatic heterocycles. The van der Waals surface area contributed by atoms with Gasteiger partial charge >= 0.3 is 6.18 Å². The number of alkyl halides is 3. The van der Waals surface area contributed by atoms with Gasteiger partial charge in [0, 0.05) is 11.8 Å². The Bertz CT molecular complexity index is 981. The molecular formula is C23H18F3NO2. The Morgan fingerprint density at radius 3 is 2.34 bits per heavy atom. The molecule has 0 aliphatic carbocycles. The maximum absolute atomic E-state index is 12.7. The predicted molar refractivity (Wildman–Crippen MR) is 106 cm³/mol. The molecule has 148 valence electrons. The van der Waals surface area contributed by atoms with Gasteiger partial charge < -0.3 is 10.1 Å². The highest BCUT2D eigenvalue weighted by Crippen LogP contribution is 2.29. The quantitative estimate of drug-likeness (QED) is 0.523. The van der Waals surface area contributed by atoms with E-state index in [-0.39, 0.29) is 0 Å². The molecule has 0 heterocycles. The lowest BCUT2D eigenvalue weighted by Crippen LogP contribution is -2.07. The third-order valence-corrected chi connectivity index (χ3v) is 4.01. The molecule has 0 radical (unpaired) electrons. The van der Waals surface area contributed by atoms with Crippen LogP contribution < -0.4 is 10.1 Å². The van der Waals surface area contributed by atoms with Crippen LogP contribution in [-0.4, -0.2) is 5.91 Å². The van der Waals surface area contributed by atoms with E-state index >= 15 is 0 Å². The number of rotatable bonds is 6. The van der Waals surface area contributed by atoms with Gasteiger partial charge in [-0.25, -0.2) is 0 Å². The van der Waals surface area contributed by atoms with Gasteiger partial charge in [-0.05, 0) is 53.6 Å². The van der Waals surface area contributed by atoms with E-state index in [1.54, 1.807) is 24.3 Å². The Labute approximate surface area is 166 Å². The van der Waals surface area contributed by atoms with Gasteiger partial charge in [-0.15, -0.1) is 0 Å². The molecule has 0 aliphatic rings. The fourth-order valence-electron chi connectivity index (χ4n) is 2.55. The number of ether oxygens (including phenoxy) is 1. The molecule has 6 heteroatoms. The summed E-state index contributed by atoms with van der Waals surface area (Å²) >= 11 is 0. The van der Waals surface area contributed by atoms with Crippen LogP contribution in [0.5, 0.6) is 5.75 Å². The molecule has 0 unspecified atom stereocenters. The van der Waals surface area contributed by atoms with Crippen LogP contribution in [0.15, 0.2) is 84.9 Å². The molecule has 29 heavy (non-hydrogen) atoms. The molecule has 3 rings (SSSR count). The molecular weight excluding hydrogens is 379 g/mol. The molecule has 1 N–H and O–H groups in total. The summed E-state index contributed by atoms with van der Waals surface area (Å²) in [6.45, 7) is 0.437. The first kappa shape index (κ1) is 20.2. The molecule has 0 saturated heterocycles. The zero-order valence-electron chi connectivity index (χ0n) is 15.3. The Kier molecular flexibility index (Phi) is 6.34. The highest BCUT2D eigenvalue weighted by Gasteiger charge is 2.30. The second kappa shape index (κ2) is 9.10. The van der Waals surface area contributed by atoms with Crippen LogP contribution in [0, 0.1) is 0 Å². The van der Waals surface area contributed by atoms with Gasteiger partial charge in [0.2, 0.25) is 5.91 Å². The summed E-state index contributed by atoms with van der Waals surface area (Å²) in [6, 6.07) is 21.3. The van der Waals surface area contributed by atoms with Gasteiger partial charge in [-0.1, -0.05) is 42.5 Å². The van der Waals surface area contributed by atoms with Crippen LogP contribution in [0.1, 0.15) is 16.7 Å². The number of carbonyl (C=O) groups excluding carboxylic acids is 1. The smallest absolute Gasteiger partial charge is 0.416 e. The zero-order chi connectivity index (χ0) is 20.7. The normalized spacial score (nSPS) is 11.4. The minimum Gasteiger partial charge on any atom is -0.489 e. The molecule has 0 saturated carbocycles. The van der Waals surface area contributed by atoms with Gasteiger partial charge in [0.15, 0.2) is 0 Å². The average molecular weight is 397 g/mol. The number of hydrogen-bond donors (Lipinski definition) is 1. The predicted octanol–water partition coefficient (Wildman–Crippen LogP) is 5.94. The Morgan fingerprint density at radius 1 is 0.931 bits per heavy atom. The first-order valence-electron chi connectivity index (χ1n) is 8.83. The topological polar surface area (TPSA) is 38.3 Å². The molecule has 0 spiro atoms. The molecule has 3 aromatic carbocycles. The minimum absolute atomic E-state index is 0.291. The van der Waals surface area contributed by atoms with E-state index in [4.69, 9.17) is 4.74 Å². The van der Waals surface area contributed by atoms with E-state index in [1.807, 2.05) is 30.3 Å². The second-order valence-corrected chi connectivity index (χ2v) is 6.24. The third kappa shape index (κ3) is 6.24. The fraction of sp³-hybridized carbons (Fsp3) is 0.0870. The third-order valence-electron chi connectivity index (χ3n) is 4.01. The standard InChI is InChI=1S/C23H18F3NO2/c24-23(25,26)19-8-4-7-17(15-19)9-14-22(28)27-20-10-12-21(13-11-20)29-16-18-5-2-1-3-6-18/h1-15H,16H2,(H,27,28)/b14-9+. The van der Waals surface area contributed by atoms with Crippen LogP contribution in [0.2, 0.25) is 0 Å². The number of benzene rings is 3. The number of nitrogens with one attached hydrogen (secondary N) is 1. The zero-order valence-corrected chi connectivity index (χ0v) is 15.3. The van der Waals surface area contributed by atoms with Crippen LogP contribution in [0.3, 0.4) is 0 Å². The van der Waals surface area contributed by atoms with Crippen molar-refractivity contribution >= 4 is 17.7 Å². The van der Waals surface area contributed by atoms with E-state index in [9.17, 15) is 18.0 Å². The lowest BCUT2D eigenvalue weighted by Gasteiger charge is -2.08. The van der Waals surface area contributed by atoms with Crippen molar-refractivity contribution in [2.24, 2.45) is 0 Å². The molecule has 0 aliphatic heterocycles. The highest BCUT2D eigenvalue weighted by atomic mass is 19.4. The van der Waals surface area contributed by atoms with Crippen LogP contribution in [0.4, 0.5) is 18.9 Å². The Balaban J connectivity index is 1.55. The second-order valence-electron chi connectivity index (χ2n) is 6.24. The lowest BCUT2D eigenvalue weighted by molar-refractivity contribution is -0.137. The Morgan fingerprint density at radius 2 is 1.66 bits per heavy atom. The van der Waals surface area contributed by atoms with Crippen molar-refractivity contribution in [2.75, 3.05) is 5.32 Å². The number of carbonyl (C=O) groups is 1. The van der Waals surface area contributed by atoms with Gasteiger partial charge in [0.25, 0.3) is 0 Å². The number of hydrogen-bond acceptors (Lipinski definition) is 2. The van der Waals surface area contributed by atoms with Crippen molar-refractivity contribution in [3.63, 3.8) is 0 Å². The van der Waals surface area contributed by atoms with Gasteiger partial charge in [0.05, 0.1) is 5.56 Å². The van der Waals surface area contributed by atoms with Crippen molar-refractivity contribution in [3.05, 3.63) is 102 Å². The molecule has 0 atom stereocenters. The summed E-state index contributed by atoms with van der Waals surface area (Å²) in [5, 5.41) is 2.65. The molecule has 0 bridgehead atoms. The van der Waals surface area contributed by atoms with Crippen LogP contribution >= 0.6 is 0 Å². The SMILES string of the molecule is O=C(/C=C/c1cccc(C(F)(F)F)c1)Nc1ccc(OCc2ccccc2)cc1. The van der Waals surface area contributed by atoms with Crippen molar-refractivity contribution in [1.29, 1.82) is 0 Å². The maximum atomic E-state index is 12.7. The first-order valence-corrected chi connectivity index (χ1v) is 8.83. The number of anilines is 1. The molecule has 3 aromatic rings. The van der Waals surface area contributed by atoms with Crippen molar-refractivity contribution in [1.82, 2.24) is 0 Å². The maximum Gasteiger partial charge on any atom is 0.416 e. The van der Waals surface area contributed by atoms with Crippen LogP contribution in [-0.2, 0) is 17.6 Å². The summed E-state index contributed by atoms with van der Waals surface area (Å²) in [5.74, 6) is 0.215. The number of halogens is 3. The van der Waals surface area contributed by atoms with Crippen molar-refractivity contribution < 1.29 is 22.7 Å². The highest BCUT2D eigenvalue weighted by molar-refractivity contribution is 6.01. The van der Waals surface area contributed by atoms with Crippen molar-refractivity contribution in [3.8, 4) is 5.75 Å². The van der Waals surface area contributed by atoms with E-state index < -0.39 is 17.6 Å². The van der Waals surface area contributed by atoms with E-state index in [0.29, 0.717) is 23.6 Å². The van der Waals surface area contributed by atoms with Crippen molar-refractivity contribution in [2.45, 2.75) is 12.8 Å². The summed E-state index contributed by atoms with van der Waals surface area (Å²) in [7, 11) is 0. The number of amides is 1. The summed E-state index contributed by atoms with van der Waals surface area (Å²) in [6.07, 6.45) is -1.90. The Hall–Kier alpha value is -3.54. The lowest BCUT2D eigenvalue weighted by atomic mass is 10.1. The van der Waals surface area contributed by atoms with E-state index in [1.165, 1.54) is 24.3 Å². The van der Waals surface area contributed by atoms with Crippen LogP contribution in [0.25, 0.3) is 6.08 Å². The van der Waals surface area contributed by atoms with E-state index in [0.717, 1.165) is 17.7 Å². The first-order chi connectivity index (χ1) is 13.9. The van der Waals surface area contributed by atoms with E-state index in [2.05, 4.69) is 5.32 Å². The van der Waals surface area contributed by atoms with Gasteiger partial charge in [-0.3, -0.25) is 4.79 Å².